The molecule has 0 saturated heterocycles. The minimum atomic E-state index is -0.485. The van der Waals surface area contributed by atoms with E-state index in [9.17, 15) is 9.59 Å². The quantitative estimate of drug-likeness (QED) is 0.587. The van der Waals surface area contributed by atoms with Gasteiger partial charge in [0.05, 0.1) is 5.56 Å². The molecule has 1 aromatic heterocycles. The first-order valence-corrected chi connectivity index (χ1v) is 9.64. The van der Waals surface area contributed by atoms with Crippen LogP contribution in [0.4, 0.5) is 5.69 Å². The van der Waals surface area contributed by atoms with Crippen molar-refractivity contribution in [2.45, 2.75) is 20.5 Å². The number of esters is 1. The molecule has 5 nitrogen and oxygen atoms in total. The summed E-state index contributed by atoms with van der Waals surface area (Å²) in [4.78, 5) is 26.0. The summed E-state index contributed by atoms with van der Waals surface area (Å²) < 4.78 is 10.8. The van der Waals surface area contributed by atoms with Crippen molar-refractivity contribution in [3.63, 3.8) is 0 Å². The van der Waals surface area contributed by atoms with E-state index >= 15 is 0 Å². The molecule has 3 aromatic rings. The van der Waals surface area contributed by atoms with Crippen LogP contribution in [0.5, 0.6) is 5.75 Å². The lowest BCUT2D eigenvalue weighted by Gasteiger charge is -2.09. The summed E-state index contributed by atoms with van der Waals surface area (Å²) in [6.07, 6.45) is 0. The topological polar surface area (TPSA) is 64.6 Å². The third-order valence-electron chi connectivity index (χ3n) is 3.98. The van der Waals surface area contributed by atoms with Crippen molar-refractivity contribution in [3.8, 4) is 5.75 Å². The SMILES string of the molecule is Cc1cc(C(=O)OCC(=O)Nc2ccc(OCc3ccccc3)cc2)c(C)s1. The molecule has 1 amide bonds. The Kier molecular flexibility index (Phi) is 6.45. The van der Waals surface area contributed by atoms with E-state index in [1.54, 1.807) is 30.3 Å². The lowest BCUT2D eigenvalue weighted by atomic mass is 10.2. The predicted octanol–water partition coefficient (Wildman–Crippen LogP) is 4.74. The number of thiophene rings is 1. The van der Waals surface area contributed by atoms with Crippen LogP contribution in [0.15, 0.2) is 60.7 Å². The molecule has 0 aliphatic heterocycles. The summed E-state index contributed by atoms with van der Waals surface area (Å²) in [7, 11) is 0. The zero-order valence-corrected chi connectivity index (χ0v) is 16.5. The van der Waals surface area contributed by atoms with Crippen LogP contribution in [-0.2, 0) is 16.1 Å². The molecule has 0 unspecified atom stereocenters. The van der Waals surface area contributed by atoms with Crippen LogP contribution in [0.3, 0.4) is 0 Å². The summed E-state index contributed by atoms with van der Waals surface area (Å²) in [5, 5.41) is 2.70. The minimum Gasteiger partial charge on any atom is -0.489 e. The zero-order chi connectivity index (χ0) is 19.9. The van der Waals surface area contributed by atoms with E-state index in [-0.39, 0.29) is 6.61 Å². The van der Waals surface area contributed by atoms with Gasteiger partial charge in [-0.05, 0) is 49.7 Å². The van der Waals surface area contributed by atoms with E-state index in [4.69, 9.17) is 9.47 Å². The maximum absolute atomic E-state index is 12.1. The third kappa shape index (κ3) is 5.44. The molecule has 1 N–H and O–H groups in total. The van der Waals surface area contributed by atoms with Gasteiger partial charge in [-0.15, -0.1) is 11.3 Å². The van der Waals surface area contributed by atoms with E-state index in [2.05, 4.69) is 5.32 Å². The Hall–Kier alpha value is -3.12. The Morgan fingerprint density at radius 2 is 1.71 bits per heavy atom. The number of carbonyl (C=O) groups is 2. The van der Waals surface area contributed by atoms with Gasteiger partial charge in [0.2, 0.25) is 0 Å². The molecule has 0 spiro atoms. The van der Waals surface area contributed by atoms with Crippen LogP contribution in [0.25, 0.3) is 0 Å². The summed E-state index contributed by atoms with van der Waals surface area (Å²) in [5.74, 6) is -0.172. The second-order valence-electron chi connectivity index (χ2n) is 6.25. The highest BCUT2D eigenvalue weighted by Crippen LogP contribution is 2.21. The van der Waals surface area contributed by atoms with Gasteiger partial charge in [0.15, 0.2) is 6.61 Å². The monoisotopic (exact) mass is 395 g/mol. The minimum absolute atomic E-state index is 0.334. The first kappa shape index (κ1) is 19.6. The standard InChI is InChI=1S/C22H21NO4S/c1-15-12-20(16(2)28-15)22(25)27-14-21(24)23-18-8-10-19(11-9-18)26-13-17-6-4-3-5-7-17/h3-12H,13-14H2,1-2H3,(H,23,24). The van der Waals surface area contributed by atoms with Crippen LogP contribution in [0.1, 0.15) is 25.7 Å². The highest BCUT2D eigenvalue weighted by Gasteiger charge is 2.15. The molecule has 144 valence electrons. The maximum Gasteiger partial charge on any atom is 0.339 e. The highest BCUT2D eigenvalue weighted by molar-refractivity contribution is 7.12. The molecule has 0 bridgehead atoms. The number of aryl methyl sites for hydroxylation is 2. The second-order valence-corrected chi connectivity index (χ2v) is 7.71. The van der Waals surface area contributed by atoms with Crippen molar-refractivity contribution >= 4 is 28.9 Å². The van der Waals surface area contributed by atoms with Gasteiger partial charge in [0, 0.05) is 15.4 Å². The lowest BCUT2D eigenvalue weighted by molar-refractivity contribution is -0.119. The first-order chi connectivity index (χ1) is 13.5. The van der Waals surface area contributed by atoms with Gasteiger partial charge in [-0.1, -0.05) is 30.3 Å². The van der Waals surface area contributed by atoms with Crippen molar-refractivity contribution in [2.75, 3.05) is 11.9 Å². The van der Waals surface area contributed by atoms with E-state index < -0.39 is 11.9 Å². The van der Waals surface area contributed by atoms with Crippen molar-refractivity contribution in [3.05, 3.63) is 81.5 Å². The number of nitrogens with one attached hydrogen (secondary N) is 1. The van der Waals surface area contributed by atoms with Gasteiger partial charge in [-0.3, -0.25) is 4.79 Å². The Bertz CT molecular complexity index is 948. The van der Waals surface area contributed by atoms with E-state index in [1.807, 2.05) is 44.2 Å². The third-order valence-corrected chi connectivity index (χ3v) is 4.95. The summed E-state index contributed by atoms with van der Waals surface area (Å²) >= 11 is 1.52. The molecule has 28 heavy (non-hydrogen) atoms. The number of amides is 1. The fourth-order valence-electron chi connectivity index (χ4n) is 2.61. The van der Waals surface area contributed by atoms with Gasteiger partial charge < -0.3 is 14.8 Å². The average Bonchev–Trinajstić information content (AvgIpc) is 3.04. The molecule has 6 heteroatoms. The molecule has 0 aliphatic carbocycles. The van der Waals surface area contributed by atoms with E-state index in [1.165, 1.54) is 11.3 Å². The molecule has 2 aromatic carbocycles. The van der Waals surface area contributed by atoms with Crippen molar-refractivity contribution in [2.24, 2.45) is 0 Å². The van der Waals surface area contributed by atoms with Crippen molar-refractivity contribution in [1.82, 2.24) is 0 Å². The van der Waals surface area contributed by atoms with Crippen LogP contribution >= 0.6 is 11.3 Å². The van der Waals surface area contributed by atoms with Gasteiger partial charge in [0.1, 0.15) is 12.4 Å². The molecular formula is C22H21NO4S. The maximum atomic E-state index is 12.1. The second kappa shape index (κ2) is 9.19. The van der Waals surface area contributed by atoms with Crippen LogP contribution in [0, 0.1) is 13.8 Å². The molecule has 0 saturated carbocycles. The Morgan fingerprint density at radius 1 is 1.00 bits per heavy atom. The summed E-state index contributed by atoms with van der Waals surface area (Å²) in [6.45, 7) is 3.92. The Morgan fingerprint density at radius 3 is 2.36 bits per heavy atom. The number of rotatable bonds is 7. The molecule has 0 atom stereocenters. The molecular weight excluding hydrogens is 374 g/mol. The highest BCUT2D eigenvalue weighted by atomic mass is 32.1. The number of benzene rings is 2. The molecule has 3 rings (SSSR count). The molecule has 1 heterocycles. The average molecular weight is 395 g/mol. The number of carbonyl (C=O) groups excluding carboxylic acids is 2. The summed E-state index contributed by atoms with van der Waals surface area (Å²) in [6, 6.07) is 18.7. The van der Waals surface area contributed by atoms with Gasteiger partial charge >= 0.3 is 5.97 Å². The molecule has 0 fully saturated rings. The van der Waals surface area contributed by atoms with Gasteiger partial charge in [-0.2, -0.15) is 0 Å². The molecule has 0 radical (unpaired) electrons. The Balaban J connectivity index is 1.46. The zero-order valence-electron chi connectivity index (χ0n) is 15.7. The smallest absolute Gasteiger partial charge is 0.339 e. The first-order valence-electron chi connectivity index (χ1n) is 8.82. The number of anilines is 1. The number of ether oxygens (including phenoxy) is 2. The van der Waals surface area contributed by atoms with Crippen LogP contribution < -0.4 is 10.1 Å². The number of hydrogen-bond donors (Lipinski definition) is 1. The van der Waals surface area contributed by atoms with Crippen molar-refractivity contribution < 1.29 is 19.1 Å². The van der Waals surface area contributed by atoms with Crippen molar-refractivity contribution in [1.29, 1.82) is 0 Å². The molecule has 0 aliphatic rings. The predicted molar refractivity (Wildman–Crippen MR) is 110 cm³/mol. The lowest BCUT2D eigenvalue weighted by Crippen LogP contribution is -2.21. The van der Waals surface area contributed by atoms with Crippen LogP contribution in [0.2, 0.25) is 0 Å². The Labute approximate surface area is 167 Å². The number of hydrogen-bond acceptors (Lipinski definition) is 5. The van der Waals surface area contributed by atoms with Crippen LogP contribution in [-0.4, -0.2) is 18.5 Å². The largest absolute Gasteiger partial charge is 0.489 e. The van der Waals surface area contributed by atoms with Gasteiger partial charge in [0.25, 0.3) is 5.91 Å². The fraction of sp³-hybridized carbons (Fsp3) is 0.182. The van der Waals surface area contributed by atoms with Gasteiger partial charge in [-0.25, -0.2) is 4.79 Å². The summed E-state index contributed by atoms with van der Waals surface area (Å²) in [5.41, 5.74) is 2.20. The van der Waals surface area contributed by atoms with E-state index in [0.717, 1.165) is 15.3 Å². The normalized spacial score (nSPS) is 10.4. The van der Waals surface area contributed by atoms with E-state index in [0.29, 0.717) is 23.6 Å². The fourth-order valence-corrected chi connectivity index (χ4v) is 3.53.